The minimum Gasteiger partial charge on any atom is -0.388 e. The lowest BCUT2D eigenvalue weighted by Crippen LogP contribution is -2.30. The van der Waals surface area contributed by atoms with Gasteiger partial charge in [0, 0.05) is 5.69 Å². The quantitative estimate of drug-likeness (QED) is 0.689. The Bertz CT molecular complexity index is 691. The average molecular weight is 322 g/mol. The molecule has 1 N–H and O–H groups in total. The van der Waals surface area contributed by atoms with Crippen molar-refractivity contribution in [2.45, 2.75) is 13.0 Å². The van der Waals surface area contributed by atoms with E-state index in [9.17, 15) is 14.0 Å². The molecule has 0 saturated heterocycles. The van der Waals surface area contributed by atoms with Gasteiger partial charge in [-0.05, 0) is 37.3 Å². The Morgan fingerprint density at radius 3 is 2.50 bits per heavy atom. The summed E-state index contributed by atoms with van der Waals surface area (Å²) in [6.45, 7) is 1.53. The molecule has 2 aromatic rings. The lowest BCUT2D eigenvalue weighted by molar-refractivity contribution is -0.138. The van der Waals surface area contributed by atoms with Crippen molar-refractivity contribution in [1.82, 2.24) is 0 Å². The molecule has 1 atom stereocenters. The van der Waals surface area contributed by atoms with Crippen molar-refractivity contribution in [3.63, 3.8) is 0 Å². The molecule has 0 aromatic heterocycles. The Hall–Kier alpha value is -2.40. The summed E-state index contributed by atoms with van der Waals surface area (Å²) in [5.74, 6) is -2.02. The topological polar surface area (TPSA) is 55.4 Å². The minimum atomic E-state index is -0.797. The molecule has 0 aliphatic heterocycles. The maximum Gasteiger partial charge on any atom is 0.345 e. The van der Waals surface area contributed by atoms with Crippen LogP contribution in [0.1, 0.15) is 17.3 Å². The summed E-state index contributed by atoms with van der Waals surface area (Å²) in [5, 5.41) is 2.72. The molecule has 0 unspecified atom stereocenters. The first-order chi connectivity index (χ1) is 10.5. The molecule has 114 valence electrons. The highest BCUT2D eigenvalue weighted by atomic mass is 35.5. The van der Waals surface area contributed by atoms with E-state index in [0.29, 0.717) is 5.69 Å². The summed E-state index contributed by atoms with van der Waals surface area (Å²) in [7, 11) is 0. The molecule has 0 spiro atoms. The Morgan fingerprint density at radius 2 is 1.86 bits per heavy atom. The summed E-state index contributed by atoms with van der Waals surface area (Å²) in [6.07, 6.45) is 0. The molecule has 0 amide bonds. The first-order valence-electron chi connectivity index (χ1n) is 6.50. The normalized spacial score (nSPS) is 11.6. The van der Waals surface area contributed by atoms with Crippen LogP contribution >= 0.6 is 11.6 Å². The fraction of sp³-hybridized carbons (Fsp3) is 0.125. The Balaban J connectivity index is 1.97. The third kappa shape index (κ3) is 4.05. The molecule has 0 aliphatic rings. The van der Waals surface area contributed by atoms with E-state index >= 15 is 0 Å². The molecule has 2 rings (SSSR count). The number of carbonyl (C=O) groups is 2. The van der Waals surface area contributed by atoms with E-state index in [-0.39, 0.29) is 10.6 Å². The largest absolute Gasteiger partial charge is 0.388 e. The second-order valence-electron chi connectivity index (χ2n) is 4.57. The molecule has 0 saturated carbocycles. The highest BCUT2D eigenvalue weighted by Gasteiger charge is 2.19. The third-order valence-corrected chi connectivity index (χ3v) is 3.15. The number of hydrogen-bond acceptors (Lipinski definition) is 4. The Kier molecular flexibility index (Phi) is 5.12. The number of rotatable bonds is 4. The first kappa shape index (κ1) is 16.0. The maximum atomic E-state index is 13.1. The van der Waals surface area contributed by atoms with Crippen molar-refractivity contribution in [3.05, 3.63) is 64.9 Å². The summed E-state index contributed by atoms with van der Waals surface area (Å²) < 4.78 is 17.8. The molecule has 2 aromatic carbocycles. The average Bonchev–Trinajstić information content (AvgIpc) is 2.51. The van der Waals surface area contributed by atoms with Gasteiger partial charge in [-0.1, -0.05) is 29.8 Å². The number of nitrogens with one attached hydrogen (secondary N) is 1. The van der Waals surface area contributed by atoms with Gasteiger partial charge < -0.3 is 10.1 Å². The lowest BCUT2D eigenvalue weighted by Gasteiger charge is -2.14. The standard InChI is InChI=1S/C16H13ClFNO3/c1-10(19-12-7-8-14(18)13(17)9-12)15(20)22-16(21)11-5-3-2-4-6-11/h2-10,19H,1H3/t10-/m1/s1. The second-order valence-corrected chi connectivity index (χ2v) is 4.98. The van der Waals surface area contributed by atoms with Gasteiger partial charge in [0.25, 0.3) is 0 Å². The highest BCUT2D eigenvalue weighted by molar-refractivity contribution is 6.31. The van der Waals surface area contributed by atoms with Crippen molar-refractivity contribution in [2.75, 3.05) is 5.32 Å². The van der Waals surface area contributed by atoms with Gasteiger partial charge >= 0.3 is 11.9 Å². The third-order valence-electron chi connectivity index (χ3n) is 2.86. The van der Waals surface area contributed by atoms with Crippen molar-refractivity contribution in [2.24, 2.45) is 0 Å². The van der Waals surface area contributed by atoms with Crippen LogP contribution in [0.2, 0.25) is 5.02 Å². The van der Waals surface area contributed by atoms with Crippen LogP contribution in [-0.2, 0) is 9.53 Å². The zero-order valence-electron chi connectivity index (χ0n) is 11.7. The Labute approximate surface area is 131 Å². The van der Waals surface area contributed by atoms with Crippen LogP contribution in [-0.4, -0.2) is 18.0 Å². The number of benzene rings is 2. The molecule has 0 heterocycles. The monoisotopic (exact) mass is 321 g/mol. The molecule has 22 heavy (non-hydrogen) atoms. The number of carbonyl (C=O) groups excluding carboxylic acids is 2. The molecule has 0 radical (unpaired) electrons. The van der Waals surface area contributed by atoms with Crippen molar-refractivity contribution < 1.29 is 18.7 Å². The number of esters is 2. The smallest absolute Gasteiger partial charge is 0.345 e. The van der Waals surface area contributed by atoms with Crippen molar-refractivity contribution >= 4 is 29.2 Å². The van der Waals surface area contributed by atoms with Gasteiger partial charge in [0.2, 0.25) is 0 Å². The van der Waals surface area contributed by atoms with Crippen LogP contribution in [0.25, 0.3) is 0 Å². The van der Waals surface area contributed by atoms with Crippen molar-refractivity contribution in [3.8, 4) is 0 Å². The molecule has 4 nitrogen and oxygen atoms in total. The predicted octanol–water partition coefficient (Wildman–Crippen LogP) is 3.66. The number of anilines is 1. The molecule has 0 bridgehead atoms. The summed E-state index contributed by atoms with van der Waals surface area (Å²) in [5.41, 5.74) is 0.732. The zero-order chi connectivity index (χ0) is 16.1. The fourth-order valence-corrected chi connectivity index (χ4v) is 1.89. The fourth-order valence-electron chi connectivity index (χ4n) is 1.71. The van der Waals surface area contributed by atoms with E-state index in [1.165, 1.54) is 25.1 Å². The lowest BCUT2D eigenvalue weighted by atomic mass is 10.2. The molecule has 0 aliphatic carbocycles. The summed E-state index contributed by atoms with van der Waals surface area (Å²) in [6, 6.07) is 11.4. The van der Waals surface area contributed by atoms with Crippen LogP contribution in [0.3, 0.4) is 0 Å². The molecule has 0 fully saturated rings. The second kappa shape index (κ2) is 7.04. The van der Waals surface area contributed by atoms with Gasteiger partial charge in [-0.3, -0.25) is 0 Å². The number of hydrogen-bond donors (Lipinski definition) is 1. The van der Waals surface area contributed by atoms with E-state index in [0.717, 1.165) is 0 Å². The molecule has 6 heteroatoms. The van der Waals surface area contributed by atoms with Gasteiger partial charge in [0.15, 0.2) is 0 Å². The minimum absolute atomic E-state index is 0.0640. The molecular weight excluding hydrogens is 309 g/mol. The molecular formula is C16H13ClFNO3. The van der Waals surface area contributed by atoms with Gasteiger partial charge in [0.1, 0.15) is 11.9 Å². The zero-order valence-corrected chi connectivity index (χ0v) is 12.4. The van der Waals surface area contributed by atoms with Crippen molar-refractivity contribution in [1.29, 1.82) is 0 Å². The first-order valence-corrected chi connectivity index (χ1v) is 6.88. The van der Waals surface area contributed by atoms with Crippen LogP contribution in [0, 0.1) is 5.82 Å². The van der Waals surface area contributed by atoms with Gasteiger partial charge in [0.05, 0.1) is 10.6 Å². The van der Waals surface area contributed by atoms with Crippen LogP contribution in [0.5, 0.6) is 0 Å². The van der Waals surface area contributed by atoms with Gasteiger partial charge in [-0.2, -0.15) is 0 Å². The Morgan fingerprint density at radius 1 is 1.18 bits per heavy atom. The van der Waals surface area contributed by atoms with Gasteiger partial charge in [-0.15, -0.1) is 0 Å². The maximum absolute atomic E-state index is 13.1. The van der Waals surface area contributed by atoms with E-state index < -0.39 is 23.8 Å². The van der Waals surface area contributed by atoms with Crippen LogP contribution in [0.4, 0.5) is 10.1 Å². The van der Waals surface area contributed by atoms with Crippen LogP contribution < -0.4 is 5.32 Å². The number of halogens is 2. The van der Waals surface area contributed by atoms with E-state index in [1.54, 1.807) is 30.3 Å². The highest BCUT2D eigenvalue weighted by Crippen LogP contribution is 2.20. The van der Waals surface area contributed by atoms with E-state index in [2.05, 4.69) is 5.32 Å². The van der Waals surface area contributed by atoms with Crippen LogP contribution in [0.15, 0.2) is 48.5 Å². The summed E-state index contributed by atoms with van der Waals surface area (Å²) >= 11 is 5.66. The van der Waals surface area contributed by atoms with E-state index in [1.807, 2.05) is 0 Å². The summed E-state index contributed by atoms with van der Waals surface area (Å²) in [4.78, 5) is 23.6. The predicted molar refractivity (Wildman–Crippen MR) is 81.4 cm³/mol. The van der Waals surface area contributed by atoms with E-state index in [4.69, 9.17) is 16.3 Å². The number of ether oxygens (including phenoxy) is 1. The van der Waals surface area contributed by atoms with Gasteiger partial charge in [-0.25, -0.2) is 14.0 Å². The SMILES string of the molecule is C[C@@H](Nc1ccc(F)c(Cl)c1)C(=O)OC(=O)c1ccccc1.